The summed E-state index contributed by atoms with van der Waals surface area (Å²) in [5, 5.41) is -0.221. The number of benzene rings is 1. The van der Waals surface area contributed by atoms with Crippen molar-refractivity contribution in [2.45, 2.75) is 6.42 Å². The van der Waals surface area contributed by atoms with E-state index in [1.54, 1.807) is 0 Å². The lowest BCUT2D eigenvalue weighted by Gasteiger charge is -1.96. The molecule has 0 saturated carbocycles. The van der Waals surface area contributed by atoms with Crippen molar-refractivity contribution < 1.29 is 9.00 Å². The van der Waals surface area contributed by atoms with Crippen molar-refractivity contribution in [2.24, 2.45) is 0 Å². The van der Waals surface area contributed by atoms with Crippen molar-refractivity contribution in [1.82, 2.24) is 0 Å². The molecule has 0 aromatic heterocycles. The Hall–Kier alpha value is -0.960. The number of hydrogen-bond acceptors (Lipinski definition) is 2. The van der Waals surface area contributed by atoms with Gasteiger partial charge in [0.2, 0.25) is 5.12 Å². The normalized spacial score (nSPS) is 12.4. The van der Waals surface area contributed by atoms with E-state index in [4.69, 9.17) is 0 Å². The first kappa shape index (κ1) is 9.13. The van der Waals surface area contributed by atoms with Crippen LogP contribution in [-0.4, -0.2) is 15.6 Å². The van der Waals surface area contributed by atoms with Crippen LogP contribution in [0.3, 0.4) is 0 Å². The van der Waals surface area contributed by atoms with E-state index in [1.165, 1.54) is 6.26 Å². The molecule has 0 saturated heterocycles. The topological polar surface area (TPSA) is 34.1 Å². The Morgan fingerprint density at radius 1 is 1.33 bits per heavy atom. The van der Waals surface area contributed by atoms with Gasteiger partial charge in [-0.3, -0.25) is 9.00 Å². The molecule has 0 bridgehead atoms. The van der Waals surface area contributed by atoms with Gasteiger partial charge in [-0.25, -0.2) is 0 Å². The van der Waals surface area contributed by atoms with E-state index in [2.05, 4.69) is 0 Å². The number of carbonyl (C=O) groups is 1. The van der Waals surface area contributed by atoms with Gasteiger partial charge in [-0.1, -0.05) is 30.3 Å². The Bertz CT molecular complexity index is 293. The Kier molecular flexibility index (Phi) is 3.17. The van der Waals surface area contributed by atoms with Crippen molar-refractivity contribution in [3.8, 4) is 0 Å². The van der Waals surface area contributed by atoms with Gasteiger partial charge in [-0.05, 0) is 5.56 Å². The van der Waals surface area contributed by atoms with Gasteiger partial charge in [0.1, 0.15) is 0 Å². The van der Waals surface area contributed by atoms with Gasteiger partial charge in [0.15, 0.2) is 0 Å². The first-order valence-electron chi connectivity index (χ1n) is 3.60. The molecule has 1 atom stereocenters. The molecule has 1 unspecified atom stereocenters. The van der Waals surface area contributed by atoms with E-state index < -0.39 is 10.8 Å². The van der Waals surface area contributed by atoms with Gasteiger partial charge in [-0.15, -0.1) is 0 Å². The van der Waals surface area contributed by atoms with Gasteiger partial charge in [0, 0.05) is 12.7 Å². The van der Waals surface area contributed by atoms with Gasteiger partial charge in [-0.2, -0.15) is 0 Å². The van der Waals surface area contributed by atoms with Crippen LogP contribution in [0, 0.1) is 0 Å². The third-order valence-electron chi connectivity index (χ3n) is 1.51. The molecule has 1 rings (SSSR count). The predicted octanol–water partition coefficient (Wildman–Crippen LogP) is 1.13. The molecule has 0 aliphatic heterocycles. The molecule has 0 N–H and O–H groups in total. The zero-order chi connectivity index (χ0) is 8.97. The predicted molar refractivity (Wildman–Crippen MR) is 49.2 cm³/mol. The van der Waals surface area contributed by atoms with Crippen LogP contribution < -0.4 is 0 Å². The van der Waals surface area contributed by atoms with Crippen LogP contribution in [0.4, 0.5) is 0 Å². The molecular weight excluding hydrogens is 172 g/mol. The van der Waals surface area contributed by atoms with Crippen molar-refractivity contribution in [3.63, 3.8) is 0 Å². The molecular formula is C9H10O2S. The van der Waals surface area contributed by atoms with Crippen LogP contribution in [0.1, 0.15) is 5.56 Å². The lowest BCUT2D eigenvalue weighted by Crippen LogP contribution is -2.08. The fourth-order valence-corrected chi connectivity index (χ4v) is 1.23. The van der Waals surface area contributed by atoms with Crippen molar-refractivity contribution in [3.05, 3.63) is 35.9 Å². The summed E-state index contributed by atoms with van der Waals surface area (Å²) < 4.78 is 10.7. The van der Waals surface area contributed by atoms with Gasteiger partial charge in [0.05, 0.1) is 10.8 Å². The van der Waals surface area contributed by atoms with E-state index in [0.29, 0.717) is 0 Å². The maximum absolute atomic E-state index is 11.0. The SMILES string of the molecule is CS(=O)C(=O)Cc1ccccc1. The lowest BCUT2D eigenvalue weighted by molar-refractivity contribution is -0.110. The standard InChI is InChI=1S/C9H10O2S/c1-12(11)9(10)7-8-5-3-2-4-6-8/h2-6H,7H2,1H3. The van der Waals surface area contributed by atoms with E-state index in [0.717, 1.165) is 5.56 Å². The second-order valence-electron chi connectivity index (χ2n) is 2.49. The molecule has 0 fully saturated rings. The highest BCUT2D eigenvalue weighted by atomic mass is 32.2. The maximum atomic E-state index is 11.0. The molecule has 1 aromatic rings. The van der Waals surface area contributed by atoms with Gasteiger partial charge in [0.25, 0.3) is 0 Å². The molecule has 12 heavy (non-hydrogen) atoms. The van der Waals surface area contributed by atoms with Gasteiger partial charge >= 0.3 is 0 Å². The van der Waals surface area contributed by atoms with Crippen molar-refractivity contribution in [1.29, 1.82) is 0 Å². The molecule has 0 aliphatic carbocycles. The molecule has 0 amide bonds. The zero-order valence-electron chi connectivity index (χ0n) is 6.82. The monoisotopic (exact) mass is 182 g/mol. The summed E-state index contributed by atoms with van der Waals surface area (Å²) in [7, 11) is -1.35. The summed E-state index contributed by atoms with van der Waals surface area (Å²) in [6, 6.07) is 9.31. The fraction of sp³-hybridized carbons (Fsp3) is 0.222. The van der Waals surface area contributed by atoms with Crippen molar-refractivity contribution in [2.75, 3.05) is 6.26 Å². The first-order valence-corrected chi connectivity index (χ1v) is 5.16. The minimum absolute atomic E-state index is 0.221. The molecule has 0 aliphatic rings. The second-order valence-corrected chi connectivity index (χ2v) is 3.85. The summed E-state index contributed by atoms with van der Waals surface area (Å²) in [4.78, 5) is 11.0. The fourth-order valence-electron chi connectivity index (χ4n) is 0.864. The van der Waals surface area contributed by atoms with E-state index >= 15 is 0 Å². The number of carbonyl (C=O) groups excluding carboxylic acids is 1. The highest BCUT2D eigenvalue weighted by Gasteiger charge is 2.06. The number of hydrogen-bond donors (Lipinski definition) is 0. The molecule has 0 radical (unpaired) electrons. The first-order chi connectivity index (χ1) is 5.70. The minimum Gasteiger partial charge on any atom is -0.284 e. The Balaban J connectivity index is 2.65. The van der Waals surface area contributed by atoms with Crippen LogP contribution in [0.15, 0.2) is 30.3 Å². The van der Waals surface area contributed by atoms with Crippen molar-refractivity contribution >= 4 is 15.9 Å². The summed E-state index contributed by atoms with van der Waals surface area (Å²) >= 11 is 0. The molecule has 0 spiro atoms. The second kappa shape index (κ2) is 4.16. The lowest BCUT2D eigenvalue weighted by atomic mass is 10.2. The van der Waals surface area contributed by atoms with Crippen LogP contribution in [0.25, 0.3) is 0 Å². The van der Waals surface area contributed by atoms with Crippen LogP contribution >= 0.6 is 0 Å². The van der Waals surface area contributed by atoms with Gasteiger partial charge < -0.3 is 0 Å². The average molecular weight is 182 g/mol. The zero-order valence-corrected chi connectivity index (χ0v) is 7.64. The maximum Gasteiger partial charge on any atom is 0.222 e. The highest BCUT2D eigenvalue weighted by molar-refractivity contribution is 7.99. The minimum atomic E-state index is -1.35. The molecule has 0 heterocycles. The Morgan fingerprint density at radius 2 is 1.92 bits per heavy atom. The average Bonchev–Trinajstić information content (AvgIpc) is 2.06. The summed E-state index contributed by atoms with van der Waals surface area (Å²) in [5.74, 6) is 0. The Labute approximate surface area is 74.1 Å². The largest absolute Gasteiger partial charge is 0.284 e. The molecule has 64 valence electrons. The van der Waals surface area contributed by atoms with E-state index in [1.807, 2.05) is 30.3 Å². The quantitative estimate of drug-likeness (QED) is 0.687. The number of rotatable bonds is 2. The summed E-state index contributed by atoms with van der Waals surface area (Å²) in [6.45, 7) is 0. The third kappa shape index (κ3) is 2.58. The van der Waals surface area contributed by atoms with E-state index in [-0.39, 0.29) is 11.5 Å². The van der Waals surface area contributed by atoms with Crippen LogP contribution in [-0.2, 0) is 22.0 Å². The highest BCUT2D eigenvalue weighted by Crippen LogP contribution is 2.00. The smallest absolute Gasteiger partial charge is 0.222 e. The Morgan fingerprint density at radius 3 is 2.42 bits per heavy atom. The van der Waals surface area contributed by atoms with E-state index in [9.17, 15) is 9.00 Å². The molecule has 1 aromatic carbocycles. The molecule has 2 nitrogen and oxygen atoms in total. The molecule has 3 heteroatoms. The van der Waals surface area contributed by atoms with Crippen LogP contribution in [0.2, 0.25) is 0 Å². The summed E-state index contributed by atoms with van der Waals surface area (Å²) in [6.07, 6.45) is 1.68. The third-order valence-corrected chi connectivity index (χ3v) is 2.30. The summed E-state index contributed by atoms with van der Waals surface area (Å²) in [5.41, 5.74) is 0.915. The van der Waals surface area contributed by atoms with Crippen LogP contribution in [0.5, 0.6) is 0 Å².